The minimum absolute atomic E-state index is 0.00557. The second kappa shape index (κ2) is 11.8. The maximum absolute atomic E-state index is 12.6. The monoisotopic (exact) mass is 504 g/mol. The Balaban J connectivity index is 1.50. The van der Waals surface area contributed by atoms with Crippen LogP contribution in [0, 0.1) is 11.8 Å². The van der Waals surface area contributed by atoms with Crippen molar-refractivity contribution >= 4 is 22.8 Å². The smallest absolute Gasteiger partial charge is 0.246 e. The van der Waals surface area contributed by atoms with Gasteiger partial charge in [0.25, 0.3) is 0 Å². The number of amides is 1. The zero-order valence-electron chi connectivity index (χ0n) is 21.6. The number of hydrogen-bond acceptors (Lipinski definition) is 8. The summed E-state index contributed by atoms with van der Waals surface area (Å²) >= 11 is 0. The Labute approximate surface area is 216 Å². The summed E-state index contributed by atoms with van der Waals surface area (Å²) in [5.74, 6) is 8.05. The van der Waals surface area contributed by atoms with Crippen LogP contribution in [0.1, 0.15) is 17.2 Å². The number of benzene rings is 1. The van der Waals surface area contributed by atoms with Crippen LogP contribution in [0.25, 0.3) is 11.0 Å². The van der Waals surface area contributed by atoms with E-state index in [4.69, 9.17) is 19.9 Å². The number of ether oxygens (including phenoxy) is 3. The van der Waals surface area contributed by atoms with Crippen molar-refractivity contribution in [1.29, 1.82) is 0 Å². The Morgan fingerprint density at radius 1 is 1.16 bits per heavy atom. The number of likely N-dealkylation sites (N-methyl/N-ethyl adjacent to an activating group) is 1. The maximum Gasteiger partial charge on any atom is 0.246 e. The van der Waals surface area contributed by atoms with Gasteiger partial charge in [0, 0.05) is 57.2 Å². The van der Waals surface area contributed by atoms with Crippen LogP contribution < -0.4 is 15.2 Å². The van der Waals surface area contributed by atoms with E-state index in [1.165, 1.54) is 6.33 Å². The highest BCUT2D eigenvalue weighted by atomic mass is 16.5. The van der Waals surface area contributed by atoms with E-state index in [0.29, 0.717) is 54.6 Å². The first kappa shape index (κ1) is 26.0. The summed E-state index contributed by atoms with van der Waals surface area (Å²) in [6, 6.07) is 5.55. The van der Waals surface area contributed by atoms with Crippen LogP contribution in [0.4, 0.5) is 5.82 Å². The van der Waals surface area contributed by atoms with E-state index >= 15 is 0 Å². The number of rotatable bonds is 9. The fraction of sp³-hybridized carbons (Fsp3) is 0.370. The fourth-order valence-electron chi connectivity index (χ4n) is 4.09. The lowest BCUT2D eigenvalue weighted by molar-refractivity contribution is -0.131. The summed E-state index contributed by atoms with van der Waals surface area (Å²) in [7, 11) is 6.86. The van der Waals surface area contributed by atoms with Gasteiger partial charge in [0.2, 0.25) is 5.91 Å². The highest BCUT2D eigenvalue weighted by molar-refractivity contribution is 5.93. The minimum Gasteiger partial charge on any atom is -0.497 e. The lowest BCUT2D eigenvalue weighted by Crippen LogP contribution is -2.50. The van der Waals surface area contributed by atoms with Crippen molar-refractivity contribution in [1.82, 2.24) is 24.3 Å². The molecule has 0 unspecified atom stereocenters. The van der Waals surface area contributed by atoms with Crippen molar-refractivity contribution in [2.75, 3.05) is 66.9 Å². The Hall–Kier alpha value is -4.07. The number of carbonyl (C=O) groups excluding carboxylic acids is 1. The molecule has 194 valence electrons. The molecule has 37 heavy (non-hydrogen) atoms. The normalized spacial score (nSPS) is 13.6. The second-order valence-corrected chi connectivity index (χ2v) is 8.81. The number of fused-ring (bicyclic) bond motifs is 1. The molecule has 2 N–H and O–H groups in total. The van der Waals surface area contributed by atoms with Gasteiger partial charge in [-0.15, -0.1) is 0 Å². The molecule has 0 radical (unpaired) electrons. The lowest BCUT2D eigenvalue weighted by atomic mass is 10.1. The quantitative estimate of drug-likeness (QED) is 0.348. The third-order valence-electron chi connectivity index (χ3n) is 6.25. The van der Waals surface area contributed by atoms with E-state index in [9.17, 15) is 4.79 Å². The molecular formula is C27H32N6O4. The number of anilines is 1. The number of aromatic nitrogens is 3. The molecular weight excluding hydrogens is 472 g/mol. The van der Waals surface area contributed by atoms with Gasteiger partial charge in [-0.3, -0.25) is 4.79 Å². The summed E-state index contributed by atoms with van der Waals surface area (Å²) in [4.78, 5) is 25.1. The minimum atomic E-state index is -0.00557. The van der Waals surface area contributed by atoms with E-state index in [1.54, 1.807) is 38.4 Å². The Bertz CT molecular complexity index is 1330. The van der Waals surface area contributed by atoms with Gasteiger partial charge in [0.15, 0.2) is 0 Å². The molecule has 0 atom stereocenters. The van der Waals surface area contributed by atoms with Crippen LogP contribution in [0.2, 0.25) is 0 Å². The van der Waals surface area contributed by atoms with E-state index < -0.39 is 0 Å². The van der Waals surface area contributed by atoms with Gasteiger partial charge >= 0.3 is 0 Å². The molecule has 1 aliphatic rings. The van der Waals surface area contributed by atoms with Gasteiger partial charge in [-0.05, 0) is 19.2 Å². The fourth-order valence-corrected chi connectivity index (χ4v) is 4.09. The maximum atomic E-state index is 12.6. The number of nitrogens with zero attached hydrogens (tertiary/aromatic N) is 5. The molecule has 1 saturated heterocycles. The largest absolute Gasteiger partial charge is 0.497 e. The summed E-state index contributed by atoms with van der Waals surface area (Å²) < 4.78 is 17.8. The SMILES string of the molecule is COCCN(C)CC=CC(=O)N1CC(n2cc(C#Cc3cc(OC)cc(OC)c3)c3c(N)ncnc32)C1. The average Bonchev–Trinajstić information content (AvgIpc) is 3.24. The summed E-state index contributed by atoms with van der Waals surface area (Å²) in [5, 5.41) is 0.702. The molecule has 10 heteroatoms. The zero-order valence-corrected chi connectivity index (χ0v) is 21.6. The Kier molecular flexibility index (Phi) is 8.28. The lowest BCUT2D eigenvalue weighted by Gasteiger charge is -2.39. The van der Waals surface area contributed by atoms with Crippen molar-refractivity contribution in [3.8, 4) is 23.3 Å². The topological polar surface area (TPSA) is 108 Å². The third kappa shape index (κ3) is 6.02. The Morgan fingerprint density at radius 2 is 1.89 bits per heavy atom. The van der Waals surface area contributed by atoms with Gasteiger partial charge in [-0.2, -0.15) is 0 Å². The molecule has 2 aromatic heterocycles. The van der Waals surface area contributed by atoms with Gasteiger partial charge < -0.3 is 34.3 Å². The average molecular weight is 505 g/mol. The molecule has 1 aliphatic heterocycles. The molecule has 3 heterocycles. The van der Waals surface area contributed by atoms with Crippen molar-refractivity contribution in [3.05, 3.63) is 54.0 Å². The predicted molar refractivity (Wildman–Crippen MR) is 142 cm³/mol. The van der Waals surface area contributed by atoms with Crippen molar-refractivity contribution < 1.29 is 19.0 Å². The molecule has 0 aliphatic carbocycles. The number of carbonyl (C=O) groups is 1. The summed E-state index contributed by atoms with van der Waals surface area (Å²) in [6.07, 6.45) is 6.90. The van der Waals surface area contributed by atoms with E-state index in [-0.39, 0.29) is 11.9 Å². The predicted octanol–water partition coefficient (Wildman–Crippen LogP) is 1.95. The first-order valence-electron chi connectivity index (χ1n) is 11.9. The molecule has 1 amide bonds. The van der Waals surface area contributed by atoms with E-state index in [0.717, 1.165) is 17.7 Å². The van der Waals surface area contributed by atoms with Crippen LogP contribution in [0.3, 0.4) is 0 Å². The molecule has 3 aromatic rings. The molecule has 0 spiro atoms. The molecule has 1 fully saturated rings. The molecule has 1 aromatic carbocycles. The van der Waals surface area contributed by atoms with Crippen molar-refractivity contribution in [3.63, 3.8) is 0 Å². The van der Waals surface area contributed by atoms with Crippen LogP contribution >= 0.6 is 0 Å². The van der Waals surface area contributed by atoms with Crippen LogP contribution in [-0.4, -0.2) is 91.4 Å². The second-order valence-electron chi connectivity index (χ2n) is 8.81. The van der Waals surface area contributed by atoms with E-state index in [2.05, 4.69) is 26.7 Å². The zero-order chi connectivity index (χ0) is 26.4. The highest BCUT2D eigenvalue weighted by Crippen LogP contribution is 2.30. The van der Waals surface area contributed by atoms with Crippen LogP contribution in [-0.2, 0) is 9.53 Å². The third-order valence-corrected chi connectivity index (χ3v) is 6.25. The number of methoxy groups -OCH3 is 3. The number of hydrogen-bond donors (Lipinski definition) is 1. The number of nitrogen functional groups attached to an aromatic ring is 1. The van der Waals surface area contributed by atoms with Gasteiger partial charge in [0.05, 0.1) is 37.8 Å². The summed E-state index contributed by atoms with van der Waals surface area (Å²) in [5.41, 5.74) is 8.38. The highest BCUT2D eigenvalue weighted by Gasteiger charge is 2.32. The molecule has 10 nitrogen and oxygen atoms in total. The van der Waals surface area contributed by atoms with Gasteiger partial charge in [0.1, 0.15) is 29.3 Å². The summed E-state index contributed by atoms with van der Waals surface area (Å²) in [6.45, 7) is 3.31. The number of likely N-dealkylation sites (tertiary alicyclic amines) is 1. The first-order chi connectivity index (χ1) is 17.9. The Morgan fingerprint density at radius 3 is 2.57 bits per heavy atom. The number of nitrogens with two attached hydrogens (primary N) is 1. The van der Waals surface area contributed by atoms with Gasteiger partial charge in [-0.1, -0.05) is 17.9 Å². The molecule has 4 rings (SSSR count). The van der Waals surface area contributed by atoms with Crippen LogP contribution in [0.15, 0.2) is 42.9 Å². The van der Waals surface area contributed by atoms with Crippen molar-refractivity contribution in [2.24, 2.45) is 0 Å². The molecule has 0 bridgehead atoms. The van der Waals surface area contributed by atoms with E-state index in [1.807, 2.05) is 36.0 Å². The van der Waals surface area contributed by atoms with Gasteiger partial charge in [-0.25, -0.2) is 9.97 Å². The first-order valence-corrected chi connectivity index (χ1v) is 11.9. The standard InChI is InChI=1S/C27H32N6O4/c1-31(10-11-35-2)9-5-6-24(34)32-16-21(17-32)33-15-20(25-26(28)29-18-30-27(25)33)8-7-19-12-22(36-3)14-23(13-19)37-4/h5-6,12-15,18,21H,9-11,16-17H2,1-4H3,(H2,28,29,30). The molecule has 0 saturated carbocycles. The van der Waals surface area contributed by atoms with Crippen LogP contribution in [0.5, 0.6) is 11.5 Å². The van der Waals surface area contributed by atoms with Crippen molar-refractivity contribution in [2.45, 2.75) is 6.04 Å².